The number of fused-ring (bicyclic) bond motifs is 1. The van der Waals surface area contributed by atoms with E-state index >= 15 is 0 Å². The number of nitro groups is 1. The summed E-state index contributed by atoms with van der Waals surface area (Å²) < 4.78 is 27.7. The van der Waals surface area contributed by atoms with E-state index in [0.29, 0.717) is 17.2 Å². The molecule has 0 spiro atoms. The fourth-order valence-corrected chi connectivity index (χ4v) is 3.70. The molecule has 9 nitrogen and oxygen atoms in total. The van der Waals surface area contributed by atoms with E-state index in [4.69, 9.17) is 11.1 Å². The first-order valence-corrected chi connectivity index (χ1v) is 10.4. The van der Waals surface area contributed by atoms with Crippen LogP contribution in [0, 0.1) is 22.4 Å². The van der Waals surface area contributed by atoms with Crippen LogP contribution in [0.4, 0.5) is 5.69 Å². The molecule has 0 saturated heterocycles. The molecule has 0 amide bonds. The molecule has 0 aliphatic heterocycles. The molecular formula is C20H17N3O6S. The third kappa shape index (κ3) is 3.85. The molecule has 3 rings (SSSR count). The predicted octanol–water partition coefficient (Wildman–Crippen LogP) is 3.12. The predicted molar refractivity (Wildman–Crippen MR) is 112 cm³/mol. The number of amidine groups is 1. The van der Waals surface area contributed by atoms with Crippen LogP contribution in [-0.2, 0) is 14.3 Å². The molecule has 10 heteroatoms. The summed E-state index contributed by atoms with van der Waals surface area (Å²) in [6.45, 7) is 1.44. The van der Waals surface area contributed by atoms with Gasteiger partial charge in [-0.1, -0.05) is 42.5 Å². The zero-order valence-electron chi connectivity index (χ0n) is 16.0. The van der Waals surface area contributed by atoms with Crippen LogP contribution in [0.2, 0.25) is 0 Å². The fourth-order valence-electron chi connectivity index (χ4n) is 3.34. The lowest BCUT2D eigenvalue weighted by atomic mass is 9.87. The third-order valence-electron chi connectivity index (χ3n) is 4.54. The Hall–Kier alpha value is -3.79. The minimum absolute atomic E-state index is 0.0832. The smallest absolute Gasteiger partial charge is 0.355 e. The Morgan fingerprint density at radius 2 is 1.80 bits per heavy atom. The van der Waals surface area contributed by atoms with Crippen LogP contribution in [0.3, 0.4) is 0 Å². The summed E-state index contributed by atoms with van der Waals surface area (Å²) in [5.74, 6) is -1.91. The van der Waals surface area contributed by atoms with Crippen molar-refractivity contribution < 1.29 is 22.3 Å². The number of benzene rings is 3. The van der Waals surface area contributed by atoms with E-state index in [2.05, 4.69) is 4.18 Å². The zero-order valence-corrected chi connectivity index (χ0v) is 16.8. The average molecular weight is 427 g/mol. The summed E-state index contributed by atoms with van der Waals surface area (Å²) in [6.07, 6.45) is 0.703. The van der Waals surface area contributed by atoms with Gasteiger partial charge in [0.05, 0.1) is 16.7 Å². The van der Waals surface area contributed by atoms with Crippen LogP contribution in [0.25, 0.3) is 21.9 Å². The van der Waals surface area contributed by atoms with Crippen LogP contribution in [-0.4, -0.2) is 31.4 Å². The van der Waals surface area contributed by atoms with Gasteiger partial charge >= 0.3 is 16.1 Å². The molecule has 0 heterocycles. The number of nitrogens with zero attached hydrogens (tertiary/aromatic N) is 1. The normalized spacial score (nSPS) is 11.3. The highest BCUT2D eigenvalue weighted by Gasteiger charge is 2.30. The van der Waals surface area contributed by atoms with Gasteiger partial charge in [-0.2, -0.15) is 8.42 Å². The van der Waals surface area contributed by atoms with Gasteiger partial charge in [-0.25, -0.2) is 4.79 Å². The molecule has 154 valence electrons. The summed E-state index contributed by atoms with van der Waals surface area (Å²) in [6, 6.07) is 13.3. The van der Waals surface area contributed by atoms with Gasteiger partial charge in [0.25, 0.3) is 5.69 Å². The largest absolute Gasteiger partial charge is 0.384 e. The van der Waals surface area contributed by atoms with Crippen LogP contribution in [0.15, 0.2) is 48.5 Å². The van der Waals surface area contributed by atoms with Crippen LogP contribution < -0.4 is 5.73 Å². The number of nitrogen functional groups attached to an aromatic ring is 1. The van der Waals surface area contributed by atoms with Gasteiger partial charge in [-0.05, 0) is 23.3 Å². The zero-order chi connectivity index (χ0) is 22.2. The highest BCUT2D eigenvalue weighted by Crippen LogP contribution is 2.39. The lowest BCUT2D eigenvalue weighted by Gasteiger charge is -2.17. The molecule has 0 aliphatic carbocycles. The Morgan fingerprint density at radius 1 is 1.17 bits per heavy atom. The Kier molecular flexibility index (Phi) is 5.27. The highest BCUT2D eigenvalue weighted by atomic mass is 32.2. The summed E-state index contributed by atoms with van der Waals surface area (Å²) >= 11 is 0. The molecule has 0 unspecified atom stereocenters. The number of nitrogens with two attached hydrogens (primary N) is 1. The fraction of sp³-hybridized carbons (Fsp3) is 0.100. The number of nitro benzene ring substituents is 1. The average Bonchev–Trinajstić information content (AvgIpc) is 2.65. The summed E-state index contributed by atoms with van der Waals surface area (Å²) in [5.41, 5.74) is 5.26. The monoisotopic (exact) mass is 427 g/mol. The van der Waals surface area contributed by atoms with Gasteiger partial charge in [0.1, 0.15) is 5.84 Å². The van der Waals surface area contributed by atoms with Gasteiger partial charge in [-0.15, -0.1) is 0 Å². The number of hydrogen-bond acceptors (Lipinski definition) is 7. The Labute approximate surface area is 171 Å². The molecule has 0 saturated carbocycles. The molecule has 3 aromatic rings. The van der Waals surface area contributed by atoms with Crippen LogP contribution in [0.5, 0.6) is 0 Å². The van der Waals surface area contributed by atoms with Crippen molar-refractivity contribution in [1.29, 1.82) is 5.41 Å². The standard InChI is InChI=1S/C20H17N3O6S/c1-11-16(23(25)26)10-15(19(21)22)18(20(24)29-30(2,27)28)17(11)14-9-5-7-12-6-3-4-8-13(12)14/h3-10H,1-2H3,(H3,21,22). The van der Waals surface area contributed by atoms with E-state index in [-0.39, 0.29) is 27.9 Å². The molecule has 3 N–H and O–H groups in total. The van der Waals surface area contributed by atoms with Gasteiger partial charge in [0, 0.05) is 22.8 Å². The second-order valence-electron chi connectivity index (χ2n) is 6.59. The Morgan fingerprint density at radius 3 is 2.40 bits per heavy atom. The lowest BCUT2D eigenvalue weighted by Crippen LogP contribution is -2.21. The van der Waals surface area contributed by atoms with Crippen LogP contribution in [0.1, 0.15) is 21.5 Å². The number of carbonyl (C=O) groups excluding carboxylic acids is 1. The van der Waals surface area contributed by atoms with Crippen molar-refractivity contribution in [1.82, 2.24) is 0 Å². The van der Waals surface area contributed by atoms with E-state index in [1.54, 1.807) is 24.3 Å². The summed E-state index contributed by atoms with van der Waals surface area (Å²) in [7, 11) is -4.19. The number of hydrogen-bond donors (Lipinski definition) is 2. The highest BCUT2D eigenvalue weighted by molar-refractivity contribution is 7.86. The van der Waals surface area contributed by atoms with Crippen molar-refractivity contribution in [2.24, 2.45) is 5.73 Å². The molecule has 3 aromatic carbocycles. The lowest BCUT2D eigenvalue weighted by molar-refractivity contribution is -0.385. The van der Waals surface area contributed by atoms with Crippen molar-refractivity contribution in [2.75, 3.05) is 6.26 Å². The third-order valence-corrected chi connectivity index (χ3v) is 4.99. The minimum atomic E-state index is -4.19. The maximum absolute atomic E-state index is 12.8. The van der Waals surface area contributed by atoms with Crippen molar-refractivity contribution in [3.05, 3.63) is 75.3 Å². The second-order valence-corrected chi connectivity index (χ2v) is 8.17. The Bertz CT molecular complexity index is 1330. The molecule has 0 bridgehead atoms. The van der Waals surface area contributed by atoms with E-state index in [0.717, 1.165) is 11.5 Å². The van der Waals surface area contributed by atoms with Gasteiger partial charge in [0.2, 0.25) is 0 Å². The summed E-state index contributed by atoms with van der Waals surface area (Å²) in [4.78, 5) is 23.8. The van der Waals surface area contributed by atoms with Crippen molar-refractivity contribution in [3.63, 3.8) is 0 Å². The first kappa shape index (κ1) is 20.9. The molecule has 0 aromatic heterocycles. The summed E-state index contributed by atoms with van der Waals surface area (Å²) in [5, 5.41) is 20.9. The van der Waals surface area contributed by atoms with E-state index in [1.807, 2.05) is 18.2 Å². The molecule has 30 heavy (non-hydrogen) atoms. The van der Waals surface area contributed by atoms with E-state index < -0.39 is 26.8 Å². The molecule has 0 atom stereocenters. The van der Waals surface area contributed by atoms with Gasteiger partial charge in [0.15, 0.2) is 0 Å². The Balaban J connectivity index is 2.52. The van der Waals surface area contributed by atoms with Gasteiger partial charge < -0.3 is 9.92 Å². The minimum Gasteiger partial charge on any atom is -0.384 e. The van der Waals surface area contributed by atoms with Crippen molar-refractivity contribution >= 4 is 38.4 Å². The molecule has 0 fully saturated rings. The topological polar surface area (TPSA) is 153 Å². The quantitative estimate of drug-likeness (QED) is 0.208. The van der Waals surface area contributed by atoms with E-state index in [9.17, 15) is 23.3 Å². The number of nitrogens with one attached hydrogen (secondary N) is 1. The maximum atomic E-state index is 12.8. The van der Waals surface area contributed by atoms with Crippen molar-refractivity contribution in [2.45, 2.75) is 6.92 Å². The second kappa shape index (κ2) is 7.56. The van der Waals surface area contributed by atoms with Crippen LogP contribution >= 0.6 is 0 Å². The van der Waals surface area contributed by atoms with Crippen molar-refractivity contribution in [3.8, 4) is 11.1 Å². The van der Waals surface area contributed by atoms with Gasteiger partial charge in [-0.3, -0.25) is 15.5 Å². The number of rotatable bonds is 5. The SMILES string of the molecule is Cc1c([N+](=O)[O-])cc(C(=N)N)c(C(=O)OS(C)(=O)=O)c1-c1cccc2ccccc12. The maximum Gasteiger partial charge on any atom is 0.355 e. The first-order chi connectivity index (χ1) is 14.0. The molecular weight excluding hydrogens is 410 g/mol. The molecule has 0 aliphatic rings. The van der Waals surface area contributed by atoms with E-state index in [1.165, 1.54) is 6.92 Å². The first-order valence-electron chi connectivity index (χ1n) is 8.59. The number of carbonyl (C=O) groups is 1. The molecule has 0 radical (unpaired) electrons.